The van der Waals surface area contributed by atoms with E-state index in [0.717, 1.165) is 37.9 Å². The lowest BCUT2D eigenvalue weighted by molar-refractivity contribution is -0.137. The highest BCUT2D eigenvalue weighted by atomic mass is 19.4. The Kier molecular flexibility index (Phi) is 3.17. The molecule has 1 heterocycles. The molecular formula is C12H12F3NO. The second kappa shape index (κ2) is 4.47. The van der Waals surface area contributed by atoms with E-state index in [-0.39, 0.29) is 17.4 Å². The minimum absolute atomic E-state index is 0.0563. The zero-order chi connectivity index (χ0) is 12.5. The second-order valence-corrected chi connectivity index (χ2v) is 4.28. The van der Waals surface area contributed by atoms with Gasteiger partial charge in [-0.15, -0.1) is 0 Å². The first-order valence-electron chi connectivity index (χ1n) is 5.56. The van der Waals surface area contributed by atoms with Gasteiger partial charge in [0.1, 0.15) is 5.69 Å². The molecule has 1 aromatic heterocycles. The Morgan fingerprint density at radius 2 is 1.88 bits per heavy atom. The second-order valence-electron chi connectivity index (χ2n) is 4.28. The average molecular weight is 243 g/mol. The van der Waals surface area contributed by atoms with Crippen molar-refractivity contribution in [2.75, 3.05) is 0 Å². The standard InChI is InChI=1S/C12H12F3NO/c13-12(14,15)9-5-6-10(16-7-9)11(17)8-3-1-2-4-8/h5-8H,1-4H2. The Bertz CT molecular complexity index is 405. The summed E-state index contributed by atoms with van der Waals surface area (Å²) in [5.74, 6) is -0.185. The van der Waals surface area contributed by atoms with Crippen LogP contribution in [0.15, 0.2) is 18.3 Å². The number of hydrogen-bond donors (Lipinski definition) is 0. The van der Waals surface area contributed by atoms with Crippen molar-refractivity contribution in [2.24, 2.45) is 5.92 Å². The van der Waals surface area contributed by atoms with E-state index in [0.29, 0.717) is 0 Å². The van der Waals surface area contributed by atoms with Crippen molar-refractivity contribution in [1.29, 1.82) is 0 Å². The van der Waals surface area contributed by atoms with Crippen LogP contribution in [-0.2, 0) is 6.18 Å². The average Bonchev–Trinajstić information content (AvgIpc) is 2.80. The van der Waals surface area contributed by atoms with Crippen LogP contribution in [0, 0.1) is 5.92 Å². The molecule has 0 amide bonds. The molecule has 17 heavy (non-hydrogen) atoms. The number of halogens is 3. The van der Waals surface area contributed by atoms with Crippen LogP contribution >= 0.6 is 0 Å². The summed E-state index contributed by atoms with van der Waals surface area (Å²) in [6, 6.07) is 2.08. The molecule has 1 saturated carbocycles. The van der Waals surface area contributed by atoms with Crippen LogP contribution in [0.1, 0.15) is 41.7 Å². The third kappa shape index (κ3) is 2.65. The monoisotopic (exact) mass is 243 g/mol. The number of alkyl halides is 3. The molecular weight excluding hydrogens is 231 g/mol. The zero-order valence-corrected chi connectivity index (χ0v) is 9.13. The maximum atomic E-state index is 12.3. The van der Waals surface area contributed by atoms with E-state index in [1.165, 1.54) is 6.07 Å². The van der Waals surface area contributed by atoms with Gasteiger partial charge in [-0.25, -0.2) is 0 Å². The largest absolute Gasteiger partial charge is 0.417 e. The summed E-state index contributed by atoms with van der Waals surface area (Å²) in [4.78, 5) is 15.5. The third-order valence-corrected chi connectivity index (χ3v) is 3.07. The Hall–Kier alpha value is -1.39. The Balaban J connectivity index is 2.15. The van der Waals surface area contributed by atoms with Crippen molar-refractivity contribution >= 4 is 5.78 Å². The summed E-state index contributed by atoms with van der Waals surface area (Å²) in [5.41, 5.74) is -0.676. The van der Waals surface area contributed by atoms with Crippen molar-refractivity contribution in [1.82, 2.24) is 4.98 Å². The van der Waals surface area contributed by atoms with Crippen LogP contribution in [-0.4, -0.2) is 10.8 Å². The van der Waals surface area contributed by atoms with Gasteiger partial charge < -0.3 is 0 Å². The van der Waals surface area contributed by atoms with Gasteiger partial charge in [-0.2, -0.15) is 13.2 Å². The van der Waals surface area contributed by atoms with Crippen LogP contribution < -0.4 is 0 Å². The molecule has 0 N–H and O–H groups in total. The smallest absolute Gasteiger partial charge is 0.292 e. The van der Waals surface area contributed by atoms with Gasteiger partial charge in [-0.05, 0) is 25.0 Å². The van der Waals surface area contributed by atoms with E-state index in [4.69, 9.17) is 0 Å². The number of nitrogens with zero attached hydrogens (tertiary/aromatic N) is 1. The minimum Gasteiger partial charge on any atom is -0.292 e. The Morgan fingerprint density at radius 1 is 1.24 bits per heavy atom. The molecule has 0 aliphatic heterocycles. The van der Waals surface area contributed by atoms with Gasteiger partial charge in [0.15, 0.2) is 5.78 Å². The summed E-state index contributed by atoms with van der Waals surface area (Å²) in [7, 11) is 0. The Morgan fingerprint density at radius 3 is 2.35 bits per heavy atom. The molecule has 0 saturated heterocycles. The van der Waals surface area contributed by atoms with Crippen LogP contribution in [0.5, 0.6) is 0 Å². The van der Waals surface area contributed by atoms with Crippen LogP contribution in [0.25, 0.3) is 0 Å². The van der Waals surface area contributed by atoms with Crippen molar-refractivity contribution in [2.45, 2.75) is 31.9 Å². The topological polar surface area (TPSA) is 30.0 Å². The molecule has 0 radical (unpaired) electrons. The van der Waals surface area contributed by atoms with E-state index >= 15 is 0 Å². The summed E-state index contributed by atoms with van der Waals surface area (Å²) in [6.45, 7) is 0. The number of hydrogen-bond acceptors (Lipinski definition) is 2. The van der Waals surface area contributed by atoms with Crippen molar-refractivity contribution in [3.05, 3.63) is 29.6 Å². The highest BCUT2D eigenvalue weighted by Crippen LogP contribution is 2.30. The van der Waals surface area contributed by atoms with E-state index in [1.54, 1.807) is 0 Å². The first-order valence-corrected chi connectivity index (χ1v) is 5.56. The summed E-state index contributed by atoms with van der Waals surface area (Å²) in [6.07, 6.45) is -0.0126. The number of pyridine rings is 1. The molecule has 0 spiro atoms. The van der Waals surface area contributed by atoms with Gasteiger partial charge in [0.25, 0.3) is 0 Å². The van der Waals surface area contributed by atoms with Gasteiger partial charge >= 0.3 is 6.18 Å². The summed E-state index contributed by atoms with van der Waals surface area (Å²) in [5, 5.41) is 0. The summed E-state index contributed by atoms with van der Waals surface area (Å²) >= 11 is 0. The maximum Gasteiger partial charge on any atom is 0.417 e. The highest BCUT2D eigenvalue weighted by Gasteiger charge is 2.31. The van der Waals surface area contributed by atoms with Crippen LogP contribution in [0.2, 0.25) is 0 Å². The summed E-state index contributed by atoms with van der Waals surface area (Å²) < 4.78 is 36.9. The molecule has 0 aromatic carbocycles. The Labute approximate surface area is 96.9 Å². The van der Waals surface area contributed by atoms with Gasteiger partial charge in [0.05, 0.1) is 5.56 Å². The lowest BCUT2D eigenvalue weighted by Crippen LogP contribution is -2.14. The van der Waals surface area contributed by atoms with E-state index in [2.05, 4.69) is 4.98 Å². The molecule has 1 aromatic rings. The maximum absolute atomic E-state index is 12.3. The number of aromatic nitrogens is 1. The molecule has 1 aliphatic carbocycles. The van der Waals surface area contributed by atoms with Crippen molar-refractivity contribution < 1.29 is 18.0 Å². The SMILES string of the molecule is O=C(c1ccc(C(F)(F)F)cn1)C1CCCC1. The molecule has 1 aliphatic rings. The fourth-order valence-electron chi connectivity index (χ4n) is 2.10. The molecule has 2 rings (SSSR count). The van der Waals surface area contributed by atoms with Gasteiger partial charge in [-0.1, -0.05) is 12.8 Å². The molecule has 0 bridgehead atoms. The fourth-order valence-corrected chi connectivity index (χ4v) is 2.10. The molecule has 5 heteroatoms. The molecule has 1 fully saturated rings. The number of ketones is 1. The fraction of sp³-hybridized carbons (Fsp3) is 0.500. The molecule has 0 atom stereocenters. The van der Waals surface area contributed by atoms with Crippen LogP contribution in [0.4, 0.5) is 13.2 Å². The lowest BCUT2D eigenvalue weighted by Gasteiger charge is -2.09. The van der Waals surface area contributed by atoms with Crippen molar-refractivity contribution in [3.8, 4) is 0 Å². The minimum atomic E-state index is -4.40. The first-order chi connectivity index (χ1) is 7.98. The predicted octanol–water partition coefficient (Wildman–Crippen LogP) is 3.47. The van der Waals surface area contributed by atoms with E-state index in [1.807, 2.05) is 0 Å². The number of rotatable bonds is 2. The molecule has 2 nitrogen and oxygen atoms in total. The predicted molar refractivity (Wildman–Crippen MR) is 55.5 cm³/mol. The number of carbonyl (C=O) groups excluding carboxylic acids is 1. The number of carbonyl (C=O) groups is 1. The zero-order valence-electron chi connectivity index (χ0n) is 9.13. The third-order valence-electron chi connectivity index (χ3n) is 3.07. The highest BCUT2D eigenvalue weighted by molar-refractivity contribution is 5.96. The van der Waals surface area contributed by atoms with Gasteiger partial charge in [0, 0.05) is 12.1 Å². The number of Topliss-reactive ketones (excluding diaryl/α,β-unsaturated/α-hetero) is 1. The lowest BCUT2D eigenvalue weighted by atomic mass is 9.99. The first kappa shape index (κ1) is 12.1. The quantitative estimate of drug-likeness (QED) is 0.744. The van der Waals surface area contributed by atoms with Gasteiger partial charge in [0.2, 0.25) is 0 Å². The normalized spacial score (nSPS) is 17.4. The van der Waals surface area contributed by atoms with Gasteiger partial charge in [-0.3, -0.25) is 9.78 Å². The molecule has 92 valence electrons. The van der Waals surface area contributed by atoms with Crippen LogP contribution in [0.3, 0.4) is 0 Å². The van der Waals surface area contributed by atoms with E-state index in [9.17, 15) is 18.0 Å². The van der Waals surface area contributed by atoms with E-state index < -0.39 is 11.7 Å². The van der Waals surface area contributed by atoms with Crippen molar-refractivity contribution in [3.63, 3.8) is 0 Å². The molecule has 0 unspecified atom stereocenters.